The second-order valence-corrected chi connectivity index (χ2v) is 8.36. The molecule has 1 fully saturated rings. The Hall–Kier alpha value is -1.90. The van der Waals surface area contributed by atoms with Crippen molar-refractivity contribution in [1.82, 2.24) is 0 Å². The number of carboxylic acids is 1. The van der Waals surface area contributed by atoms with E-state index in [0.29, 0.717) is 0 Å². The standard InChI is InChI=1S/C15H19F2NO5S/c1-14(2)12(15(14,16)17)9-24(21,22)18(3)10-4-6-11(7-5-10)23-8-13(19)20/h4-7,12H,8-9H2,1-3H3,(H,19,20). The zero-order valence-electron chi connectivity index (χ0n) is 13.5. The van der Waals surface area contributed by atoms with Crippen LogP contribution >= 0.6 is 0 Å². The maximum absolute atomic E-state index is 13.6. The van der Waals surface area contributed by atoms with Gasteiger partial charge in [0.1, 0.15) is 5.75 Å². The van der Waals surface area contributed by atoms with Crippen LogP contribution in [0.4, 0.5) is 14.5 Å². The van der Waals surface area contributed by atoms with Gasteiger partial charge in [0.15, 0.2) is 6.61 Å². The summed E-state index contributed by atoms with van der Waals surface area (Å²) in [4.78, 5) is 10.4. The van der Waals surface area contributed by atoms with E-state index in [1.54, 1.807) is 0 Å². The molecule has 0 saturated heterocycles. The van der Waals surface area contributed by atoms with Crippen molar-refractivity contribution >= 4 is 21.7 Å². The Kier molecular flexibility index (Phi) is 4.51. The summed E-state index contributed by atoms with van der Waals surface area (Å²) in [6.45, 7) is 2.18. The number of ether oxygens (including phenoxy) is 1. The van der Waals surface area contributed by atoms with Crippen molar-refractivity contribution in [2.75, 3.05) is 23.7 Å². The quantitative estimate of drug-likeness (QED) is 0.803. The fourth-order valence-electron chi connectivity index (χ4n) is 2.45. The van der Waals surface area contributed by atoms with Gasteiger partial charge in [-0.15, -0.1) is 0 Å². The monoisotopic (exact) mass is 363 g/mol. The second-order valence-electron chi connectivity index (χ2n) is 6.32. The van der Waals surface area contributed by atoms with Crippen molar-refractivity contribution in [1.29, 1.82) is 0 Å². The van der Waals surface area contributed by atoms with Crippen LogP contribution in [0.25, 0.3) is 0 Å². The van der Waals surface area contributed by atoms with E-state index in [-0.39, 0.29) is 11.4 Å². The number of alkyl halides is 2. The summed E-state index contributed by atoms with van der Waals surface area (Å²) in [5, 5.41) is 8.52. The van der Waals surface area contributed by atoms with Crippen LogP contribution in [0.5, 0.6) is 5.75 Å². The third kappa shape index (κ3) is 3.31. The molecule has 0 aliphatic heterocycles. The molecule has 134 valence electrons. The summed E-state index contributed by atoms with van der Waals surface area (Å²) in [6.07, 6.45) is 0. The predicted molar refractivity (Wildman–Crippen MR) is 84.0 cm³/mol. The van der Waals surface area contributed by atoms with E-state index in [2.05, 4.69) is 0 Å². The molecule has 1 N–H and O–H groups in total. The molecular weight excluding hydrogens is 344 g/mol. The number of nitrogens with zero attached hydrogens (tertiary/aromatic N) is 1. The molecule has 0 radical (unpaired) electrons. The lowest BCUT2D eigenvalue weighted by Gasteiger charge is -2.20. The van der Waals surface area contributed by atoms with Gasteiger partial charge >= 0.3 is 5.97 Å². The van der Waals surface area contributed by atoms with Gasteiger partial charge in [0, 0.05) is 18.4 Å². The summed E-state index contributed by atoms with van der Waals surface area (Å²) in [6, 6.07) is 5.68. The van der Waals surface area contributed by atoms with E-state index in [1.807, 2.05) is 0 Å². The molecule has 0 amide bonds. The first-order chi connectivity index (χ1) is 10.9. The molecule has 1 aliphatic carbocycles. The maximum Gasteiger partial charge on any atom is 0.341 e. The van der Waals surface area contributed by atoms with Gasteiger partial charge in [-0.3, -0.25) is 4.31 Å². The van der Waals surface area contributed by atoms with Crippen molar-refractivity contribution in [3.63, 3.8) is 0 Å². The highest BCUT2D eigenvalue weighted by Crippen LogP contribution is 2.65. The Morgan fingerprint density at radius 1 is 1.29 bits per heavy atom. The second kappa shape index (κ2) is 5.87. The molecule has 0 bridgehead atoms. The number of carboxylic acid groups (broad SMARTS) is 1. The average Bonchev–Trinajstić information content (AvgIpc) is 2.86. The molecule has 1 atom stereocenters. The molecule has 6 nitrogen and oxygen atoms in total. The number of benzene rings is 1. The van der Waals surface area contributed by atoms with E-state index >= 15 is 0 Å². The van der Waals surface area contributed by atoms with Gasteiger partial charge in [0.05, 0.1) is 11.4 Å². The number of aliphatic carboxylic acids is 1. The average molecular weight is 363 g/mol. The molecule has 1 aromatic rings. The fourth-order valence-corrected chi connectivity index (χ4v) is 4.16. The van der Waals surface area contributed by atoms with Crippen LogP contribution in [-0.4, -0.2) is 44.8 Å². The van der Waals surface area contributed by atoms with Crippen LogP contribution in [0.3, 0.4) is 0 Å². The fraction of sp³-hybridized carbons (Fsp3) is 0.533. The minimum Gasteiger partial charge on any atom is -0.482 e. The van der Waals surface area contributed by atoms with E-state index in [1.165, 1.54) is 45.2 Å². The summed E-state index contributed by atoms with van der Waals surface area (Å²) < 4.78 is 57.8. The molecule has 24 heavy (non-hydrogen) atoms. The third-order valence-corrected chi connectivity index (χ3v) is 6.24. The smallest absolute Gasteiger partial charge is 0.341 e. The molecule has 9 heteroatoms. The molecule has 0 aromatic heterocycles. The Morgan fingerprint density at radius 3 is 2.21 bits per heavy atom. The third-order valence-electron chi connectivity index (χ3n) is 4.44. The summed E-state index contributed by atoms with van der Waals surface area (Å²) >= 11 is 0. The number of sulfonamides is 1. The molecular formula is C15H19F2NO5S. The lowest BCUT2D eigenvalue weighted by atomic mass is 10.1. The Bertz CT molecular complexity index is 717. The molecule has 0 heterocycles. The van der Waals surface area contributed by atoms with Gasteiger partial charge in [0.2, 0.25) is 10.0 Å². The molecule has 0 spiro atoms. The topological polar surface area (TPSA) is 83.9 Å². The highest BCUT2D eigenvalue weighted by atomic mass is 32.2. The van der Waals surface area contributed by atoms with Gasteiger partial charge in [-0.1, -0.05) is 13.8 Å². The lowest BCUT2D eigenvalue weighted by Crippen LogP contribution is -2.30. The van der Waals surface area contributed by atoms with Crippen molar-refractivity contribution in [3.8, 4) is 5.75 Å². The SMILES string of the molecule is CN(c1ccc(OCC(=O)O)cc1)S(=O)(=O)CC1C(C)(C)C1(F)F. The Labute approximate surface area is 139 Å². The molecule has 1 aromatic carbocycles. The minimum absolute atomic E-state index is 0.266. The predicted octanol–water partition coefficient (Wildman–Crippen LogP) is 2.21. The largest absolute Gasteiger partial charge is 0.482 e. The highest BCUT2D eigenvalue weighted by Gasteiger charge is 2.75. The van der Waals surface area contributed by atoms with E-state index in [4.69, 9.17) is 9.84 Å². The molecule has 2 rings (SSSR count). The summed E-state index contributed by atoms with van der Waals surface area (Å²) in [5.41, 5.74) is -1.05. The van der Waals surface area contributed by atoms with Crippen molar-refractivity contribution < 1.29 is 31.8 Å². The highest BCUT2D eigenvalue weighted by molar-refractivity contribution is 7.92. The van der Waals surface area contributed by atoms with Crippen molar-refractivity contribution in [3.05, 3.63) is 24.3 Å². The van der Waals surface area contributed by atoms with E-state index in [9.17, 15) is 22.0 Å². The van der Waals surface area contributed by atoms with Gasteiger partial charge in [-0.2, -0.15) is 0 Å². The first kappa shape index (κ1) is 18.4. The number of halogens is 2. The Balaban J connectivity index is 2.07. The van der Waals surface area contributed by atoms with Crippen LogP contribution in [0.1, 0.15) is 13.8 Å². The number of hydrogen-bond acceptors (Lipinski definition) is 4. The number of anilines is 1. The van der Waals surface area contributed by atoms with Gasteiger partial charge in [-0.05, 0) is 24.3 Å². The van der Waals surface area contributed by atoms with Crippen LogP contribution in [-0.2, 0) is 14.8 Å². The number of hydrogen-bond donors (Lipinski definition) is 1. The van der Waals surface area contributed by atoms with Gasteiger partial charge in [0.25, 0.3) is 5.92 Å². The van der Waals surface area contributed by atoms with Crippen molar-refractivity contribution in [2.45, 2.75) is 19.8 Å². The first-order valence-electron chi connectivity index (χ1n) is 7.18. The minimum atomic E-state index is -3.91. The van der Waals surface area contributed by atoms with Gasteiger partial charge in [-0.25, -0.2) is 22.0 Å². The first-order valence-corrected chi connectivity index (χ1v) is 8.79. The van der Waals surface area contributed by atoms with E-state index in [0.717, 1.165) is 4.31 Å². The zero-order chi connectivity index (χ0) is 18.3. The van der Waals surface area contributed by atoms with Crippen molar-refractivity contribution in [2.24, 2.45) is 11.3 Å². The van der Waals surface area contributed by atoms with Crippen LogP contribution in [0.2, 0.25) is 0 Å². The number of rotatable bonds is 7. The van der Waals surface area contributed by atoms with Crippen LogP contribution < -0.4 is 9.04 Å². The maximum atomic E-state index is 13.6. The summed E-state index contributed by atoms with van der Waals surface area (Å²) in [5.74, 6) is -5.71. The number of carbonyl (C=O) groups is 1. The molecule has 1 aliphatic rings. The van der Waals surface area contributed by atoms with Crippen LogP contribution in [0, 0.1) is 11.3 Å². The summed E-state index contributed by atoms with van der Waals surface area (Å²) in [7, 11) is -2.62. The zero-order valence-corrected chi connectivity index (χ0v) is 14.3. The molecule has 1 unspecified atom stereocenters. The van der Waals surface area contributed by atoms with Gasteiger partial charge < -0.3 is 9.84 Å². The van der Waals surface area contributed by atoms with E-state index < -0.39 is 45.6 Å². The van der Waals surface area contributed by atoms with Crippen LogP contribution in [0.15, 0.2) is 24.3 Å². The molecule has 1 saturated carbocycles. The lowest BCUT2D eigenvalue weighted by molar-refractivity contribution is -0.139. The Morgan fingerprint density at radius 2 is 1.79 bits per heavy atom. The normalized spacial score (nSPS) is 21.1.